The zero-order valence-electron chi connectivity index (χ0n) is 10.8. The van der Waals surface area contributed by atoms with E-state index in [2.05, 4.69) is 0 Å². The van der Waals surface area contributed by atoms with Crippen molar-refractivity contribution >= 4 is 23.3 Å². The summed E-state index contributed by atoms with van der Waals surface area (Å²) in [5.74, 6) is -1.33. The highest BCUT2D eigenvalue weighted by atomic mass is 16.5. The number of para-hydroxylation sites is 2. The molecule has 0 saturated heterocycles. The van der Waals surface area contributed by atoms with Gasteiger partial charge in [0.05, 0.1) is 24.4 Å². The normalized spacial score (nSPS) is 9.95. The quantitative estimate of drug-likeness (QED) is 0.567. The second-order valence-electron chi connectivity index (χ2n) is 3.93. The van der Waals surface area contributed by atoms with Crippen LogP contribution in [0.15, 0.2) is 24.3 Å². The topological polar surface area (TPSA) is 92.9 Å². The van der Waals surface area contributed by atoms with E-state index < -0.39 is 11.9 Å². The van der Waals surface area contributed by atoms with Crippen LogP contribution in [0.4, 0.5) is 11.4 Å². The minimum absolute atomic E-state index is 0.0185. The molecule has 6 heteroatoms. The number of nitrogen functional groups attached to an aromatic ring is 1. The molecule has 0 aliphatic heterocycles. The number of nitrogens with two attached hydrogens (primary N) is 1. The van der Waals surface area contributed by atoms with Crippen LogP contribution in [0.2, 0.25) is 0 Å². The van der Waals surface area contributed by atoms with E-state index in [1.807, 2.05) is 0 Å². The van der Waals surface area contributed by atoms with Crippen LogP contribution in [-0.2, 0) is 14.3 Å². The number of carboxylic acid groups (broad SMARTS) is 1. The van der Waals surface area contributed by atoms with Crippen molar-refractivity contribution in [3.8, 4) is 0 Å². The van der Waals surface area contributed by atoms with Gasteiger partial charge >= 0.3 is 11.9 Å². The average Bonchev–Trinajstić information content (AvgIpc) is 2.35. The Labute approximate surface area is 111 Å². The fourth-order valence-electron chi connectivity index (χ4n) is 1.65. The van der Waals surface area contributed by atoms with Crippen LogP contribution in [0.1, 0.15) is 13.3 Å². The number of aliphatic carboxylic acids is 1. The van der Waals surface area contributed by atoms with Gasteiger partial charge in [-0.3, -0.25) is 9.59 Å². The van der Waals surface area contributed by atoms with Gasteiger partial charge < -0.3 is 20.5 Å². The van der Waals surface area contributed by atoms with Crippen LogP contribution >= 0.6 is 0 Å². The van der Waals surface area contributed by atoms with Gasteiger partial charge in [0.1, 0.15) is 6.54 Å². The Balaban J connectivity index is 2.82. The molecule has 0 amide bonds. The molecule has 104 valence electrons. The predicted molar refractivity (Wildman–Crippen MR) is 72.0 cm³/mol. The molecule has 0 heterocycles. The molecule has 1 aromatic carbocycles. The fraction of sp³-hybridized carbons (Fsp3) is 0.385. The first-order valence-corrected chi connectivity index (χ1v) is 6.01. The number of carbonyl (C=O) groups excluding carboxylic acids is 1. The summed E-state index contributed by atoms with van der Waals surface area (Å²) in [6.45, 7) is 2.18. The number of hydrogen-bond acceptors (Lipinski definition) is 5. The van der Waals surface area contributed by atoms with E-state index in [1.165, 1.54) is 0 Å². The number of esters is 1. The molecule has 0 atom stereocenters. The van der Waals surface area contributed by atoms with Crippen molar-refractivity contribution in [2.45, 2.75) is 13.3 Å². The molecule has 0 unspecified atom stereocenters. The second kappa shape index (κ2) is 7.25. The minimum Gasteiger partial charge on any atom is -0.481 e. The first kappa shape index (κ1) is 14.8. The lowest BCUT2D eigenvalue weighted by Crippen LogP contribution is -2.33. The largest absolute Gasteiger partial charge is 0.481 e. The highest BCUT2D eigenvalue weighted by Crippen LogP contribution is 2.22. The molecule has 0 fully saturated rings. The summed E-state index contributed by atoms with van der Waals surface area (Å²) in [4.78, 5) is 23.8. The van der Waals surface area contributed by atoms with Crippen molar-refractivity contribution in [1.82, 2.24) is 0 Å². The molecule has 0 bridgehead atoms. The van der Waals surface area contributed by atoms with E-state index in [-0.39, 0.29) is 26.1 Å². The van der Waals surface area contributed by atoms with E-state index in [0.29, 0.717) is 11.4 Å². The van der Waals surface area contributed by atoms with Gasteiger partial charge in [-0.25, -0.2) is 0 Å². The maximum absolute atomic E-state index is 11.5. The summed E-state index contributed by atoms with van der Waals surface area (Å²) in [6.07, 6.45) is -0.0757. The third-order valence-corrected chi connectivity index (χ3v) is 2.50. The highest BCUT2D eigenvalue weighted by molar-refractivity contribution is 5.79. The van der Waals surface area contributed by atoms with Gasteiger partial charge in [0.2, 0.25) is 0 Å². The van der Waals surface area contributed by atoms with Crippen molar-refractivity contribution in [2.24, 2.45) is 0 Å². The maximum atomic E-state index is 11.5. The molecule has 0 saturated carbocycles. The Hall–Kier alpha value is -2.24. The molecule has 3 N–H and O–H groups in total. The van der Waals surface area contributed by atoms with Crippen LogP contribution in [0, 0.1) is 0 Å². The third kappa shape index (κ3) is 4.87. The molecule has 0 spiro atoms. The van der Waals surface area contributed by atoms with Crippen LogP contribution in [0.25, 0.3) is 0 Å². The van der Waals surface area contributed by atoms with Gasteiger partial charge in [0.25, 0.3) is 0 Å². The van der Waals surface area contributed by atoms with E-state index >= 15 is 0 Å². The Morgan fingerprint density at radius 1 is 1.37 bits per heavy atom. The maximum Gasteiger partial charge on any atom is 0.325 e. The molecule has 1 rings (SSSR count). The molecule has 0 radical (unpaired) electrons. The van der Waals surface area contributed by atoms with E-state index in [9.17, 15) is 9.59 Å². The Kier molecular flexibility index (Phi) is 5.66. The van der Waals surface area contributed by atoms with Crippen LogP contribution in [-0.4, -0.2) is 36.7 Å². The van der Waals surface area contributed by atoms with Gasteiger partial charge in [-0.15, -0.1) is 0 Å². The minimum atomic E-state index is -0.927. The zero-order chi connectivity index (χ0) is 14.3. The second-order valence-corrected chi connectivity index (χ2v) is 3.93. The van der Waals surface area contributed by atoms with Crippen molar-refractivity contribution in [3.05, 3.63) is 24.3 Å². The van der Waals surface area contributed by atoms with Crippen LogP contribution < -0.4 is 10.6 Å². The summed E-state index contributed by atoms with van der Waals surface area (Å²) in [5, 5.41) is 8.74. The monoisotopic (exact) mass is 266 g/mol. The standard InChI is InChI=1S/C13H18N2O4/c1-2-19-13(18)9-15(8-7-12(16)17)11-6-4-3-5-10(11)14/h3-6H,2,7-9,14H2,1H3,(H,16,17). The molecule has 0 aromatic heterocycles. The van der Waals surface area contributed by atoms with Gasteiger partial charge in [-0.1, -0.05) is 12.1 Å². The summed E-state index contributed by atoms with van der Waals surface area (Å²) in [5.41, 5.74) is 6.97. The van der Waals surface area contributed by atoms with Crippen molar-refractivity contribution < 1.29 is 19.4 Å². The number of nitrogens with zero attached hydrogens (tertiary/aromatic N) is 1. The number of hydrogen-bond donors (Lipinski definition) is 2. The van der Waals surface area contributed by atoms with Gasteiger partial charge in [0, 0.05) is 6.54 Å². The van der Waals surface area contributed by atoms with E-state index in [1.54, 1.807) is 36.1 Å². The summed E-state index contributed by atoms with van der Waals surface area (Å²) < 4.78 is 4.87. The first-order valence-electron chi connectivity index (χ1n) is 6.01. The fourth-order valence-corrected chi connectivity index (χ4v) is 1.65. The van der Waals surface area contributed by atoms with E-state index in [4.69, 9.17) is 15.6 Å². The number of ether oxygens (including phenoxy) is 1. The van der Waals surface area contributed by atoms with Crippen LogP contribution in [0.5, 0.6) is 0 Å². The molecular formula is C13H18N2O4. The number of benzene rings is 1. The number of anilines is 2. The summed E-state index contributed by atoms with van der Waals surface area (Å²) in [7, 11) is 0. The number of carboxylic acids is 1. The molecule has 0 aliphatic rings. The first-order chi connectivity index (χ1) is 9.04. The number of carbonyl (C=O) groups is 2. The smallest absolute Gasteiger partial charge is 0.325 e. The van der Waals surface area contributed by atoms with Gasteiger partial charge in [-0.2, -0.15) is 0 Å². The Morgan fingerprint density at radius 3 is 2.63 bits per heavy atom. The Bertz CT molecular complexity index is 448. The average molecular weight is 266 g/mol. The molecule has 19 heavy (non-hydrogen) atoms. The third-order valence-electron chi connectivity index (χ3n) is 2.50. The molecular weight excluding hydrogens is 248 g/mol. The van der Waals surface area contributed by atoms with Crippen molar-refractivity contribution in [3.63, 3.8) is 0 Å². The SMILES string of the molecule is CCOC(=O)CN(CCC(=O)O)c1ccccc1N. The predicted octanol–water partition coefficient (Wildman–Crippen LogP) is 1.11. The lowest BCUT2D eigenvalue weighted by atomic mass is 10.2. The summed E-state index contributed by atoms with van der Waals surface area (Å²) in [6, 6.07) is 7.01. The molecule has 1 aromatic rings. The zero-order valence-corrected chi connectivity index (χ0v) is 10.8. The van der Waals surface area contributed by atoms with Crippen molar-refractivity contribution in [1.29, 1.82) is 0 Å². The van der Waals surface area contributed by atoms with Crippen LogP contribution in [0.3, 0.4) is 0 Å². The van der Waals surface area contributed by atoms with Crippen molar-refractivity contribution in [2.75, 3.05) is 30.3 Å². The van der Waals surface area contributed by atoms with Gasteiger partial charge in [-0.05, 0) is 19.1 Å². The number of rotatable bonds is 7. The Morgan fingerprint density at radius 2 is 2.05 bits per heavy atom. The highest BCUT2D eigenvalue weighted by Gasteiger charge is 2.15. The van der Waals surface area contributed by atoms with E-state index in [0.717, 1.165) is 0 Å². The lowest BCUT2D eigenvalue weighted by Gasteiger charge is -2.24. The van der Waals surface area contributed by atoms with Gasteiger partial charge in [0.15, 0.2) is 0 Å². The molecule has 0 aliphatic carbocycles. The lowest BCUT2D eigenvalue weighted by molar-refractivity contribution is -0.142. The molecule has 6 nitrogen and oxygen atoms in total. The summed E-state index contributed by atoms with van der Waals surface area (Å²) >= 11 is 0.